The van der Waals surface area contributed by atoms with Gasteiger partial charge in [0.25, 0.3) is 0 Å². The first-order valence-corrected chi connectivity index (χ1v) is 10.3. The molecule has 3 rings (SSSR count). The maximum absolute atomic E-state index is 12.0. The van der Waals surface area contributed by atoms with Gasteiger partial charge in [0.15, 0.2) is 0 Å². The van der Waals surface area contributed by atoms with Crippen LogP contribution in [0.2, 0.25) is 0 Å². The molecule has 0 saturated carbocycles. The van der Waals surface area contributed by atoms with Crippen molar-refractivity contribution < 1.29 is 19.1 Å². The van der Waals surface area contributed by atoms with Crippen molar-refractivity contribution in [3.63, 3.8) is 0 Å². The molecular weight excluding hydrogens is 448 g/mol. The molecule has 0 fully saturated rings. The summed E-state index contributed by atoms with van der Waals surface area (Å²) >= 11 is 11.0. The summed E-state index contributed by atoms with van der Waals surface area (Å²) in [5.74, 6) is -0.903. The number of aryl methyl sites for hydroxylation is 2. The lowest BCUT2D eigenvalue weighted by molar-refractivity contribution is 0.0592. The van der Waals surface area contributed by atoms with E-state index < -0.39 is 11.9 Å². The monoisotopic (exact) mass is 470 g/mol. The van der Waals surface area contributed by atoms with Gasteiger partial charge in [-0.25, -0.2) is 9.59 Å². The third-order valence-electron chi connectivity index (χ3n) is 4.84. The summed E-state index contributed by atoms with van der Waals surface area (Å²) in [5, 5.41) is 6.15. The van der Waals surface area contributed by atoms with Gasteiger partial charge >= 0.3 is 11.9 Å². The molecule has 10 heteroatoms. The number of rotatable bonds is 6. The van der Waals surface area contributed by atoms with Crippen molar-refractivity contribution in [2.24, 2.45) is 0 Å². The summed E-state index contributed by atoms with van der Waals surface area (Å²) in [7, 11) is 2.66. The summed E-state index contributed by atoms with van der Waals surface area (Å²) in [6.45, 7) is 3.56. The minimum Gasteiger partial charge on any atom is -0.465 e. The Balaban J connectivity index is 1.73. The summed E-state index contributed by atoms with van der Waals surface area (Å²) in [6.07, 6.45) is 3.33. The summed E-state index contributed by atoms with van der Waals surface area (Å²) in [5.41, 5.74) is 4.74. The fraction of sp³-hybridized carbons (Fsp3) is 0.182. The number of esters is 2. The SMILES string of the molecule is COC(=O)c1c(NC(=S)c2ccc(C(=S)Nc3c[nH]c(C)c3C(=O)OC)cc2)c[nH]c1C. The molecule has 0 amide bonds. The van der Waals surface area contributed by atoms with Gasteiger partial charge in [-0.1, -0.05) is 48.7 Å². The van der Waals surface area contributed by atoms with Crippen molar-refractivity contribution in [1.82, 2.24) is 9.97 Å². The molecule has 0 aliphatic heterocycles. The lowest BCUT2D eigenvalue weighted by atomic mass is 10.1. The number of aromatic amines is 2. The Bertz CT molecular complexity index is 1100. The minimum absolute atomic E-state index is 0.403. The van der Waals surface area contributed by atoms with Gasteiger partial charge in [0.2, 0.25) is 0 Å². The van der Waals surface area contributed by atoms with Gasteiger partial charge in [0.05, 0.1) is 25.6 Å². The van der Waals surface area contributed by atoms with Crippen LogP contribution in [0.5, 0.6) is 0 Å². The largest absolute Gasteiger partial charge is 0.465 e. The normalized spacial score (nSPS) is 10.4. The predicted molar refractivity (Wildman–Crippen MR) is 131 cm³/mol. The first kappa shape index (κ1) is 23.2. The van der Waals surface area contributed by atoms with Crippen molar-refractivity contribution in [3.05, 3.63) is 70.3 Å². The summed E-state index contributed by atoms with van der Waals surface area (Å²) in [4.78, 5) is 30.9. The van der Waals surface area contributed by atoms with E-state index in [0.29, 0.717) is 43.9 Å². The Morgan fingerprint density at radius 2 is 1.09 bits per heavy atom. The van der Waals surface area contributed by atoms with E-state index in [1.165, 1.54) is 14.2 Å². The second kappa shape index (κ2) is 9.75. The quantitative estimate of drug-likeness (QED) is 0.315. The molecule has 166 valence electrons. The molecule has 3 aromatic rings. The fourth-order valence-corrected chi connectivity index (χ4v) is 3.63. The fourth-order valence-electron chi connectivity index (χ4n) is 3.14. The second-order valence-corrected chi connectivity index (χ2v) is 7.69. The highest BCUT2D eigenvalue weighted by molar-refractivity contribution is 7.81. The minimum atomic E-state index is -0.452. The summed E-state index contributed by atoms with van der Waals surface area (Å²) in [6, 6.07) is 7.28. The van der Waals surface area contributed by atoms with E-state index in [4.69, 9.17) is 33.9 Å². The molecule has 2 aromatic heterocycles. The zero-order valence-corrected chi connectivity index (χ0v) is 19.5. The van der Waals surface area contributed by atoms with E-state index in [9.17, 15) is 9.59 Å². The number of anilines is 2. The van der Waals surface area contributed by atoms with Gasteiger partial charge in [0.1, 0.15) is 21.1 Å². The van der Waals surface area contributed by atoms with Crippen LogP contribution in [0.25, 0.3) is 0 Å². The number of carbonyl (C=O) groups excluding carboxylic acids is 2. The van der Waals surface area contributed by atoms with Gasteiger partial charge in [-0.05, 0) is 13.8 Å². The number of H-pyrrole nitrogens is 2. The predicted octanol–water partition coefficient (Wildman–Crippen LogP) is 4.11. The molecule has 0 aliphatic carbocycles. The molecule has 0 saturated heterocycles. The Kier molecular flexibility index (Phi) is 7.06. The van der Waals surface area contributed by atoms with E-state index in [0.717, 1.165) is 11.1 Å². The van der Waals surface area contributed by atoms with Crippen LogP contribution in [0.3, 0.4) is 0 Å². The molecule has 0 spiro atoms. The first-order valence-electron chi connectivity index (χ1n) is 9.52. The molecule has 8 nitrogen and oxygen atoms in total. The third-order valence-corrected chi connectivity index (χ3v) is 5.51. The molecule has 2 heterocycles. The van der Waals surface area contributed by atoms with E-state index >= 15 is 0 Å². The zero-order valence-electron chi connectivity index (χ0n) is 17.9. The highest BCUT2D eigenvalue weighted by Crippen LogP contribution is 2.23. The van der Waals surface area contributed by atoms with Gasteiger partial charge in [-0.3, -0.25) is 0 Å². The van der Waals surface area contributed by atoms with Crippen LogP contribution in [0.4, 0.5) is 11.4 Å². The number of nitrogens with one attached hydrogen (secondary N) is 4. The topological polar surface area (TPSA) is 108 Å². The standard InChI is InChI=1S/C22H22N4O4S2/c1-11-17(21(27)29-3)15(9-23-11)25-19(31)13-5-7-14(8-6-13)20(32)26-16-10-24-12(2)18(16)22(28)30-4/h5-10,23-24H,1-4H3,(H,25,31)(H,26,32). The average molecular weight is 471 g/mol. The number of ether oxygens (including phenoxy) is 2. The lowest BCUT2D eigenvalue weighted by Crippen LogP contribution is -2.15. The van der Waals surface area contributed by atoms with Crippen molar-refractivity contribution in [2.75, 3.05) is 24.9 Å². The van der Waals surface area contributed by atoms with Crippen LogP contribution in [-0.4, -0.2) is 46.1 Å². The molecule has 0 bridgehead atoms. The van der Waals surface area contributed by atoms with Gasteiger partial charge < -0.3 is 30.1 Å². The van der Waals surface area contributed by atoms with Crippen molar-refractivity contribution in [2.45, 2.75) is 13.8 Å². The van der Waals surface area contributed by atoms with Crippen LogP contribution in [0.1, 0.15) is 43.2 Å². The van der Waals surface area contributed by atoms with Crippen LogP contribution in [0.15, 0.2) is 36.7 Å². The lowest BCUT2D eigenvalue weighted by Gasteiger charge is -2.11. The van der Waals surface area contributed by atoms with Crippen molar-refractivity contribution >= 4 is 57.7 Å². The Morgan fingerprint density at radius 1 is 0.750 bits per heavy atom. The van der Waals surface area contributed by atoms with Crippen LogP contribution in [0, 0.1) is 13.8 Å². The van der Waals surface area contributed by atoms with Gasteiger partial charge in [-0.2, -0.15) is 0 Å². The molecule has 0 atom stereocenters. The van der Waals surface area contributed by atoms with Crippen molar-refractivity contribution in [3.8, 4) is 0 Å². The van der Waals surface area contributed by atoms with E-state index in [-0.39, 0.29) is 0 Å². The average Bonchev–Trinajstić information content (AvgIpc) is 3.34. The van der Waals surface area contributed by atoms with Gasteiger partial charge in [0, 0.05) is 34.9 Å². The molecule has 32 heavy (non-hydrogen) atoms. The van der Waals surface area contributed by atoms with Crippen LogP contribution >= 0.6 is 24.4 Å². The molecule has 0 radical (unpaired) electrons. The smallest absolute Gasteiger partial charge is 0.341 e. The Labute approximate surface area is 195 Å². The van der Waals surface area contributed by atoms with Gasteiger partial charge in [-0.15, -0.1) is 0 Å². The molecule has 1 aromatic carbocycles. The third kappa shape index (κ3) is 4.71. The second-order valence-electron chi connectivity index (χ2n) is 6.87. The molecular formula is C22H22N4O4S2. The maximum atomic E-state index is 12.0. The number of methoxy groups -OCH3 is 2. The zero-order chi connectivity index (χ0) is 23.4. The Morgan fingerprint density at radius 3 is 1.41 bits per heavy atom. The molecule has 0 aliphatic rings. The van der Waals surface area contributed by atoms with Crippen molar-refractivity contribution in [1.29, 1.82) is 0 Å². The number of thiocarbonyl (C=S) groups is 2. The van der Waals surface area contributed by atoms with E-state index in [1.807, 2.05) is 24.3 Å². The highest BCUT2D eigenvalue weighted by atomic mass is 32.1. The Hall–Kier alpha value is -3.50. The number of carbonyl (C=O) groups is 2. The van der Waals surface area contributed by atoms with E-state index in [2.05, 4.69) is 20.6 Å². The highest BCUT2D eigenvalue weighted by Gasteiger charge is 2.19. The summed E-state index contributed by atoms with van der Waals surface area (Å²) < 4.78 is 9.66. The number of hydrogen-bond acceptors (Lipinski definition) is 6. The van der Waals surface area contributed by atoms with Crippen LogP contribution < -0.4 is 10.6 Å². The molecule has 0 unspecified atom stereocenters. The number of hydrogen-bond donors (Lipinski definition) is 4. The van der Waals surface area contributed by atoms with E-state index in [1.54, 1.807) is 26.2 Å². The number of benzene rings is 1. The number of aromatic nitrogens is 2. The first-order chi connectivity index (χ1) is 15.3. The molecule has 4 N–H and O–H groups in total. The van der Waals surface area contributed by atoms with Crippen LogP contribution in [-0.2, 0) is 9.47 Å². The maximum Gasteiger partial charge on any atom is 0.341 e.